The summed E-state index contributed by atoms with van der Waals surface area (Å²) in [7, 11) is 0. The number of fused-ring (bicyclic) bond motifs is 1. The Hall–Kier alpha value is -2.76. The summed E-state index contributed by atoms with van der Waals surface area (Å²) in [5.41, 5.74) is 6.29. The number of carbonyl (C=O) groups is 1. The van der Waals surface area contributed by atoms with Crippen molar-refractivity contribution in [2.75, 3.05) is 0 Å². The fraction of sp³-hybridized carbons (Fsp3) is 0.0769. The number of para-hydroxylation sites is 1. The van der Waals surface area contributed by atoms with Gasteiger partial charge in [0, 0.05) is 0 Å². The van der Waals surface area contributed by atoms with Crippen molar-refractivity contribution in [3.8, 4) is 17.3 Å². The molecule has 1 aromatic carbocycles. The van der Waals surface area contributed by atoms with Crippen molar-refractivity contribution in [2.45, 2.75) is 6.92 Å². The van der Waals surface area contributed by atoms with Gasteiger partial charge in [0.2, 0.25) is 0 Å². The Balaban J connectivity index is 2.12. The summed E-state index contributed by atoms with van der Waals surface area (Å²) in [6.07, 6.45) is -0.870. The summed E-state index contributed by atoms with van der Waals surface area (Å²) in [5, 5.41) is 0. The molecule has 0 unspecified atom stereocenters. The van der Waals surface area contributed by atoms with Crippen LogP contribution in [0, 0.1) is 6.92 Å². The number of ether oxygens (including phenoxy) is 1. The molecular formula is C13H11N3O3. The van der Waals surface area contributed by atoms with E-state index < -0.39 is 6.09 Å². The normalized spacial score (nSPS) is 10.8. The number of furan rings is 1. The lowest BCUT2D eigenvalue weighted by Gasteiger charge is -1.99. The largest absolute Gasteiger partial charge is 0.458 e. The molecule has 1 amide bonds. The Labute approximate surface area is 108 Å². The quantitative estimate of drug-likeness (QED) is 0.737. The first kappa shape index (κ1) is 11.3. The number of benzene rings is 1. The van der Waals surface area contributed by atoms with E-state index in [9.17, 15) is 4.79 Å². The lowest BCUT2D eigenvalue weighted by Crippen LogP contribution is -2.16. The molecule has 0 saturated heterocycles. The van der Waals surface area contributed by atoms with E-state index in [4.69, 9.17) is 14.9 Å². The third-order valence-corrected chi connectivity index (χ3v) is 2.66. The zero-order chi connectivity index (χ0) is 13.4. The van der Waals surface area contributed by atoms with Crippen LogP contribution in [0.3, 0.4) is 0 Å². The summed E-state index contributed by atoms with van der Waals surface area (Å²) < 4.78 is 10.4. The maximum atomic E-state index is 10.8. The maximum absolute atomic E-state index is 10.8. The van der Waals surface area contributed by atoms with Crippen LogP contribution in [0.1, 0.15) is 5.76 Å². The van der Waals surface area contributed by atoms with Crippen molar-refractivity contribution < 1.29 is 13.9 Å². The van der Waals surface area contributed by atoms with Gasteiger partial charge >= 0.3 is 6.09 Å². The lowest BCUT2D eigenvalue weighted by atomic mass is 10.3. The second kappa shape index (κ2) is 4.16. The Kier molecular flexibility index (Phi) is 2.49. The Morgan fingerprint density at radius 3 is 2.89 bits per heavy atom. The maximum Gasteiger partial charge on any atom is 0.410 e. The summed E-state index contributed by atoms with van der Waals surface area (Å²) in [5.74, 6) is 2.31. The Bertz CT molecular complexity index is 757. The smallest absolute Gasteiger partial charge is 0.410 e. The van der Waals surface area contributed by atoms with Gasteiger partial charge in [-0.3, -0.25) is 0 Å². The molecule has 0 radical (unpaired) electrons. The van der Waals surface area contributed by atoms with Crippen LogP contribution in [0.4, 0.5) is 4.79 Å². The number of H-pyrrole nitrogens is 1. The number of primary amides is 1. The number of aryl methyl sites for hydroxylation is 1. The van der Waals surface area contributed by atoms with Gasteiger partial charge in [-0.25, -0.2) is 9.78 Å². The van der Waals surface area contributed by atoms with Gasteiger partial charge in [-0.1, -0.05) is 6.07 Å². The van der Waals surface area contributed by atoms with E-state index in [0.717, 1.165) is 11.3 Å². The number of nitrogens with two attached hydrogens (primary N) is 1. The molecule has 0 fully saturated rings. The van der Waals surface area contributed by atoms with Gasteiger partial charge in [0.25, 0.3) is 0 Å². The molecule has 2 heterocycles. The molecule has 3 aromatic rings. The molecule has 0 aliphatic rings. The van der Waals surface area contributed by atoms with E-state index >= 15 is 0 Å². The van der Waals surface area contributed by atoms with Gasteiger partial charge in [0.05, 0.1) is 5.52 Å². The molecule has 0 atom stereocenters. The number of imidazole rings is 1. The second-order valence-corrected chi connectivity index (χ2v) is 4.07. The van der Waals surface area contributed by atoms with E-state index in [0.29, 0.717) is 22.9 Å². The number of nitrogens with one attached hydrogen (secondary N) is 1. The number of rotatable bonds is 2. The average Bonchev–Trinajstić information content (AvgIpc) is 2.94. The molecule has 0 aliphatic carbocycles. The predicted octanol–water partition coefficient (Wildman–Crippen LogP) is 2.59. The molecule has 0 bridgehead atoms. The number of nitrogens with zero attached hydrogens (tertiary/aromatic N) is 1. The van der Waals surface area contributed by atoms with Gasteiger partial charge in [0.1, 0.15) is 11.3 Å². The topological polar surface area (TPSA) is 94.1 Å². The van der Waals surface area contributed by atoms with Crippen molar-refractivity contribution in [3.63, 3.8) is 0 Å². The van der Waals surface area contributed by atoms with Gasteiger partial charge in [0.15, 0.2) is 17.3 Å². The van der Waals surface area contributed by atoms with E-state index in [1.807, 2.05) is 25.1 Å². The summed E-state index contributed by atoms with van der Waals surface area (Å²) >= 11 is 0. The van der Waals surface area contributed by atoms with Gasteiger partial charge in [-0.15, -0.1) is 0 Å². The average molecular weight is 257 g/mol. The van der Waals surface area contributed by atoms with E-state index in [1.165, 1.54) is 0 Å². The third kappa shape index (κ3) is 2.03. The van der Waals surface area contributed by atoms with Crippen LogP contribution in [0.5, 0.6) is 5.75 Å². The van der Waals surface area contributed by atoms with Crippen LogP contribution in [0.2, 0.25) is 0 Å². The molecule has 3 N–H and O–H groups in total. The van der Waals surface area contributed by atoms with Crippen LogP contribution in [0.15, 0.2) is 34.7 Å². The molecule has 6 nitrogen and oxygen atoms in total. The Morgan fingerprint density at radius 1 is 1.37 bits per heavy atom. The number of hydrogen-bond donors (Lipinski definition) is 2. The molecular weight excluding hydrogens is 246 g/mol. The summed E-state index contributed by atoms with van der Waals surface area (Å²) in [4.78, 5) is 18.3. The minimum absolute atomic E-state index is 0.316. The first-order valence-corrected chi connectivity index (χ1v) is 5.66. The van der Waals surface area contributed by atoms with Crippen LogP contribution in [-0.4, -0.2) is 16.1 Å². The van der Waals surface area contributed by atoms with Crippen LogP contribution in [0.25, 0.3) is 22.6 Å². The minimum atomic E-state index is -0.870. The SMILES string of the molecule is Cc1ccc(-c2nc3c(OC(N)=O)cccc3[nH]2)o1. The fourth-order valence-corrected chi connectivity index (χ4v) is 1.88. The van der Waals surface area contributed by atoms with Crippen molar-refractivity contribution in [1.29, 1.82) is 0 Å². The number of hydrogen-bond acceptors (Lipinski definition) is 4. The van der Waals surface area contributed by atoms with Crippen LogP contribution >= 0.6 is 0 Å². The molecule has 0 saturated carbocycles. The Morgan fingerprint density at radius 2 is 2.21 bits per heavy atom. The number of carbonyl (C=O) groups excluding carboxylic acids is 1. The first-order chi connectivity index (χ1) is 9.13. The third-order valence-electron chi connectivity index (χ3n) is 2.66. The van der Waals surface area contributed by atoms with E-state index in [-0.39, 0.29) is 0 Å². The first-order valence-electron chi connectivity index (χ1n) is 5.66. The van der Waals surface area contributed by atoms with Crippen molar-refractivity contribution in [1.82, 2.24) is 9.97 Å². The zero-order valence-corrected chi connectivity index (χ0v) is 10.1. The summed E-state index contributed by atoms with van der Waals surface area (Å²) in [6, 6.07) is 8.88. The number of aromatic amines is 1. The molecule has 96 valence electrons. The molecule has 2 aromatic heterocycles. The molecule has 19 heavy (non-hydrogen) atoms. The molecule has 3 rings (SSSR count). The van der Waals surface area contributed by atoms with Crippen molar-refractivity contribution >= 4 is 17.1 Å². The monoisotopic (exact) mass is 257 g/mol. The van der Waals surface area contributed by atoms with Crippen LogP contribution in [-0.2, 0) is 0 Å². The van der Waals surface area contributed by atoms with E-state index in [1.54, 1.807) is 12.1 Å². The van der Waals surface area contributed by atoms with Crippen molar-refractivity contribution in [2.24, 2.45) is 5.73 Å². The van der Waals surface area contributed by atoms with Gasteiger partial charge < -0.3 is 19.9 Å². The highest BCUT2D eigenvalue weighted by molar-refractivity contribution is 5.86. The minimum Gasteiger partial charge on any atom is -0.458 e. The summed E-state index contributed by atoms with van der Waals surface area (Å²) in [6.45, 7) is 1.85. The molecule has 0 spiro atoms. The fourth-order valence-electron chi connectivity index (χ4n) is 1.88. The number of amides is 1. The number of aromatic nitrogens is 2. The highest BCUT2D eigenvalue weighted by Gasteiger charge is 2.13. The lowest BCUT2D eigenvalue weighted by molar-refractivity contribution is 0.211. The highest BCUT2D eigenvalue weighted by Crippen LogP contribution is 2.28. The van der Waals surface area contributed by atoms with Gasteiger partial charge in [-0.2, -0.15) is 0 Å². The van der Waals surface area contributed by atoms with Crippen LogP contribution < -0.4 is 10.5 Å². The predicted molar refractivity (Wildman–Crippen MR) is 68.7 cm³/mol. The zero-order valence-electron chi connectivity index (χ0n) is 10.1. The van der Waals surface area contributed by atoms with E-state index in [2.05, 4.69) is 9.97 Å². The highest BCUT2D eigenvalue weighted by atomic mass is 16.5. The van der Waals surface area contributed by atoms with Gasteiger partial charge in [-0.05, 0) is 31.2 Å². The molecule has 0 aliphatic heterocycles. The standard InChI is InChI=1S/C13H11N3O3/c1-7-5-6-10(18-7)12-15-8-3-2-4-9(11(8)16-12)19-13(14)17/h2-6H,1H3,(H2,14,17)(H,15,16). The van der Waals surface area contributed by atoms with Crippen molar-refractivity contribution in [3.05, 3.63) is 36.1 Å². The molecule has 6 heteroatoms. The second-order valence-electron chi connectivity index (χ2n) is 4.07.